The second-order valence-electron chi connectivity index (χ2n) is 5.96. The van der Waals surface area contributed by atoms with E-state index in [-0.39, 0.29) is 11.8 Å². The highest BCUT2D eigenvalue weighted by Crippen LogP contribution is 2.22. The lowest BCUT2D eigenvalue weighted by atomic mass is 9.98. The molecule has 2 aromatic rings. The lowest BCUT2D eigenvalue weighted by Crippen LogP contribution is -2.30. The molecule has 0 saturated carbocycles. The zero-order valence-corrected chi connectivity index (χ0v) is 13.9. The van der Waals surface area contributed by atoms with Crippen LogP contribution in [0.3, 0.4) is 0 Å². The van der Waals surface area contributed by atoms with Gasteiger partial charge in [0.05, 0.1) is 5.75 Å². The molecule has 1 unspecified atom stereocenters. The van der Waals surface area contributed by atoms with Gasteiger partial charge in [0.2, 0.25) is 10.0 Å². The minimum absolute atomic E-state index is 0.00920. The Bertz CT molecular complexity index is 667. The van der Waals surface area contributed by atoms with E-state index in [2.05, 4.69) is 18.6 Å². The maximum atomic E-state index is 12.5. The Morgan fingerprint density at radius 2 is 1.45 bits per heavy atom. The summed E-state index contributed by atoms with van der Waals surface area (Å²) in [6.07, 6.45) is 0.776. The van der Waals surface area contributed by atoms with Crippen molar-refractivity contribution in [1.82, 2.24) is 4.72 Å². The van der Waals surface area contributed by atoms with Crippen LogP contribution in [0.2, 0.25) is 0 Å². The summed E-state index contributed by atoms with van der Waals surface area (Å²) in [6, 6.07) is 18.8. The van der Waals surface area contributed by atoms with Crippen LogP contribution < -0.4 is 4.72 Å². The van der Waals surface area contributed by atoms with Gasteiger partial charge < -0.3 is 0 Å². The van der Waals surface area contributed by atoms with Crippen LogP contribution in [0.15, 0.2) is 60.7 Å². The maximum absolute atomic E-state index is 12.5. The standard InChI is InChI=1S/C18H23NO2S/c1-15(2)13-18(17-11-7-4-8-12-17)19-22(20,21)14-16-9-5-3-6-10-16/h3-12,15,18-19H,13-14H2,1-2H3. The fraction of sp³-hybridized carbons (Fsp3) is 0.333. The Hall–Kier alpha value is -1.65. The summed E-state index contributed by atoms with van der Waals surface area (Å²) in [5.74, 6) is 0.416. The molecule has 0 heterocycles. The normalized spacial score (nSPS) is 13.2. The van der Waals surface area contributed by atoms with Gasteiger partial charge >= 0.3 is 0 Å². The lowest BCUT2D eigenvalue weighted by Gasteiger charge is -2.21. The molecule has 4 heteroatoms. The fourth-order valence-electron chi connectivity index (χ4n) is 2.46. The second-order valence-corrected chi connectivity index (χ2v) is 7.71. The summed E-state index contributed by atoms with van der Waals surface area (Å²) < 4.78 is 27.8. The summed E-state index contributed by atoms with van der Waals surface area (Å²) in [4.78, 5) is 0. The molecule has 22 heavy (non-hydrogen) atoms. The highest BCUT2D eigenvalue weighted by Gasteiger charge is 2.20. The van der Waals surface area contributed by atoms with E-state index < -0.39 is 10.0 Å². The van der Waals surface area contributed by atoms with Crippen molar-refractivity contribution in [3.63, 3.8) is 0 Å². The maximum Gasteiger partial charge on any atom is 0.216 e. The van der Waals surface area contributed by atoms with Crippen molar-refractivity contribution >= 4 is 10.0 Å². The monoisotopic (exact) mass is 317 g/mol. The molecule has 0 aliphatic rings. The van der Waals surface area contributed by atoms with Crippen LogP contribution in [-0.2, 0) is 15.8 Å². The van der Waals surface area contributed by atoms with Crippen molar-refractivity contribution in [3.05, 3.63) is 71.8 Å². The van der Waals surface area contributed by atoms with Crippen molar-refractivity contribution in [2.75, 3.05) is 0 Å². The molecule has 1 atom stereocenters. The molecule has 0 bridgehead atoms. The molecule has 0 aliphatic carbocycles. The van der Waals surface area contributed by atoms with Gasteiger partial charge in [-0.15, -0.1) is 0 Å². The van der Waals surface area contributed by atoms with E-state index in [1.54, 1.807) is 0 Å². The molecule has 0 aliphatic heterocycles. The summed E-state index contributed by atoms with van der Waals surface area (Å²) in [6.45, 7) is 4.20. The summed E-state index contributed by atoms with van der Waals surface area (Å²) in [7, 11) is -3.38. The third-order valence-electron chi connectivity index (χ3n) is 3.43. The van der Waals surface area contributed by atoms with E-state index in [0.717, 1.165) is 17.5 Å². The minimum atomic E-state index is -3.38. The summed E-state index contributed by atoms with van der Waals surface area (Å²) in [5, 5.41) is 0. The van der Waals surface area contributed by atoms with E-state index in [1.165, 1.54) is 0 Å². The molecule has 1 N–H and O–H groups in total. The first-order valence-electron chi connectivity index (χ1n) is 7.55. The van der Waals surface area contributed by atoms with Crippen molar-refractivity contribution < 1.29 is 8.42 Å². The highest BCUT2D eigenvalue weighted by molar-refractivity contribution is 7.88. The first-order chi connectivity index (χ1) is 10.5. The molecule has 2 rings (SSSR count). The number of sulfonamides is 1. The molecule has 2 aromatic carbocycles. The molecule has 3 nitrogen and oxygen atoms in total. The first kappa shape index (κ1) is 16.7. The highest BCUT2D eigenvalue weighted by atomic mass is 32.2. The van der Waals surface area contributed by atoms with Gasteiger partial charge in [-0.3, -0.25) is 0 Å². The van der Waals surface area contributed by atoms with Crippen LogP contribution in [0, 0.1) is 5.92 Å². The van der Waals surface area contributed by atoms with Gasteiger partial charge in [-0.05, 0) is 23.5 Å². The number of hydrogen-bond acceptors (Lipinski definition) is 2. The molecular formula is C18H23NO2S. The van der Waals surface area contributed by atoms with E-state index in [9.17, 15) is 8.42 Å². The zero-order chi connectivity index (χ0) is 16.0. The Kier molecular flexibility index (Phi) is 5.75. The smallest absolute Gasteiger partial charge is 0.212 e. The van der Waals surface area contributed by atoms with Crippen molar-refractivity contribution in [2.45, 2.75) is 32.1 Å². The van der Waals surface area contributed by atoms with Gasteiger partial charge in [-0.25, -0.2) is 13.1 Å². The van der Waals surface area contributed by atoms with Gasteiger partial charge in [0.1, 0.15) is 0 Å². The van der Waals surface area contributed by atoms with Gasteiger partial charge in [-0.2, -0.15) is 0 Å². The third-order valence-corrected chi connectivity index (χ3v) is 4.79. The van der Waals surface area contributed by atoms with Crippen LogP contribution >= 0.6 is 0 Å². The van der Waals surface area contributed by atoms with E-state index in [4.69, 9.17) is 0 Å². The molecular weight excluding hydrogens is 294 g/mol. The van der Waals surface area contributed by atoms with E-state index in [0.29, 0.717) is 5.92 Å². The van der Waals surface area contributed by atoms with Gasteiger partial charge in [0.25, 0.3) is 0 Å². The predicted octanol–water partition coefficient (Wildman–Crippen LogP) is 3.89. The van der Waals surface area contributed by atoms with Crippen molar-refractivity contribution in [3.8, 4) is 0 Å². The van der Waals surface area contributed by atoms with Gasteiger partial charge in [-0.1, -0.05) is 74.5 Å². The van der Waals surface area contributed by atoms with Crippen LogP contribution in [0.4, 0.5) is 0 Å². The average Bonchev–Trinajstić information content (AvgIpc) is 2.47. The minimum Gasteiger partial charge on any atom is -0.212 e. The zero-order valence-electron chi connectivity index (χ0n) is 13.1. The topological polar surface area (TPSA) is 46.2 Å². The second kappa shape index (κ2) is 7.56. The summed E-state index contributed by atoms with van der Waals surface area (Å²) in [5.41, 5.74) is 1.80. The van der Waals surface area contributed by atoms with E-state index in [1.807, 2.05) is 60.7 Å². The third kappa shape index (κ3) is 5.28. The summed E-state index contributed by atoms with van der Waals surface area (Å²) >= 11 is 0. The number of hydrogen-bond donors (Lipinski definition) is 1. The molecule has 0 saturated heterocycles. The molecule has 0 radical (unpaired) electrons. The van der Waals surface area contributed by atoms with Gasteiger partial charge in [0, 0.05) is 6.04 Å². The van der Waals surface area contributed by atoms with E-state index >= 15 is 0 Å². The van der Waals surface area contributed by atoms with Crippen LogP contribution in [0.1, 0.15) is 37.4 Å². The molecule has 0 aromatic heterocycles. The largest absolute Gasteiger partial charge is 0.216 e. The molecule has 118 valence electrons. The first-order valence-corrected chi connectivity index (χ1v) is 9.20. The fourth-order valence-corrected chi connectivity index (χ4v) is 3.84. The number of nitrogens with one attached hydrogen (secondary N) is 1. The number of rotatable bonds is 7. The van der Waals surface area contributed by atoms with Crippen molar-refractivity contribution in [2.24, 2.45) is 5.92 Å². The predicted molar refractivity (Wildman–Crippen MR) is 90.8 cm³/mol. The lowest BCUT2D eigenvalue weighted by molar-refractivity contribution is 0.472. The molecule has 0 fully saturated rings. The average molecular weight is 317 g/mol. The SMILES string of the molecule is CC(C)CC(NS(=O)(=O)Cc1ccccc1)c1ccccc1. The quantitative estimate of drug-likeness (QED) is 0.842. The van der Waals surface area contributed by atoms with Crippen molar-refractivity contribution in [1.29, 1.82) is 0 Å². The van der Waals surface area contributed by atoms with Crippen LogP contribution in [0.5, 0.6) is 0 Å². The Morgan fingerprint density at radius 3 is 2.00 bits per heavy atom. The van der Waals surface area contributed by atoms with Crippen LogP contribution in [-0.4, -0.2) is 8.42 Å². The molecule has 0 amide bonds. The molecule has 0 spiro atoms. The Morgan fingerprint density at radius 1 is 0.909 bits per heavy atom. The number of benzene rings is 2. The van der Waals surface area contributed by atoms with Crippen LogP contribution in [0.25, 0.3) is 0 Å². The Labute approximate surface area is 133 Å². The Balaban J connectivity index is 2.15. The van der Waals surface area contributed by atoms with Gasteiger partial charge in [0.15, 0.2) is 0 Å².